The van der Waals surface area contributed by atoms with Gasteiger partial charge in [-0.2, -0.15) is 0 Å². The molecule has 4 aromatic rings. The van der Waals surface area contributed by atoms with Crippen LogP contribution in [0.2, 0.25) is 5.02 Å². The van der Waals surface area contributed by atoms with Gasteiger partial charge in [-0.3, -0.25) is 9.51 Å². The maximum absolute atomic E-state index is 11.2. The fraction of sp³-hybridized carbons (Fsp3) is 0.292. The lowest BCUT2D eigenvalue weighted by Gasteiger charge is -2.32. The Labute approximate surface area is 200 Å². The van der Waals surface area contributed by atoms with Crippen LogP contribution in [0.25, 0.3) is 11.4 Å². The molecule has 9 heteroatoms. The molecule has 0 amide bonds. The van der Waals surface area contributed by atoms with Gasteiger partial charge < -0.3 is 9.64 Å². The highest BCUT2D eigenvalue weighted by Crippen LogP contribution is 2.35. The van der Waals surface area contributed by atoms with Crippen molar-refractivity contribution >= 4 is 28.6 Å². The number of nitrogens with zero attached hydrogens (tertiary/aromatic N) is 3. The number of hydrogen-bond donors (Lipinski definition) is 1. The number of benzene rings is 2. The first-order chi connectivity index (χ1) is 16.1. The van der Waals surface area contributed by atoms with Gasteiger partial charge >= 0.3 is 5.76 Å². The largest absolute Gasteiger partial charge is 0.488 e. The van der Waals surface area contributed by atoms with Crippen molar-refractivity contribution in [1.82, 2.24) is 15.1 Å². The van der Waals surface area contributed by atoms with E-state index in [4.69, 9.17) is 21.3 Å². The molecule has 0 saturated carbocycles. The number of aromatic nitrogens is 3. The van der Waals surface area contributed by atoms with Crippen LogP contribution in [0, 0.1) is 6.92 Å². The Morgan fingerprint density at radius 1 is 1.21 bits per heavy atom. The molecule has 7 nitrogen and oxygen atoms in total. The molecule has 2 aromatic carbocycles. The van der Waals surface area contributed by atoms with Crippen molar-refractivity contribution in [3.05, 3.63) is 79.7 Å². The van der Waals surface area contributed by atoms with Gasteiger partial charge in [0.15, 0.2) is 5.82 Å². The number of H-pyrrole nitrogens is 1. The third kappa shape index (κ3) is 4.82. The molecule has 1 aliphatic heterocycles. The first-order valence-corrected chi connectivity index (χ1v) is 12.0. The van der Waals surface area contributed by atoms with Crippen molar-refractivity contribution in [2.75, 3.05) is 18.0 Å². The second kappa shape index (κ2) is 9.41. The third-order valence-corrected chi connectivity index (χ3v) is 7.49. The predicted molar refractivity (Wildman–Crippen MR) is 129 cm³/mol. The Morgan fingerprint density at radius 2 is 2.00 bits per heavy atom. The molecule has 1 saturated heterocycles. The smallest absolute Gasteiger partial charge is 0.439 e. The van der Waals surface area contributed by atoms with Crippen molar-refractivity contribution in [2.45, 2.75) is 32.3 Å². The fourth-order valence-corrected chi connectivity index (χ4v) is 5.46. The van der Waals surface area contributed by atoms with Crippen molar-refractivity contribution in [2.24, 2.45) is 0 Å². The van der Waals surface area contributed by atoms with Crippen LogP contribution < -0.4 is 15.4 Å². The predicted octanol–water partition coefficient (Wildman–Crippen LogP) is 5.41. The van der Waals surface area contributed by atoms with E-state index in [1.807, 2.05) is 6.92 Å². The van der Waals surface area contributed by atoms with Crippen molar-refractivity contribution in [3.63, 3.8) is 0 Å². The van der Waals surface area contributed by atoms with Gasteiger partial charge in [-0.25, -0.2) is 9.78 Å². The van der Waals surface area contributed by atoms with E-state index in [1.165, 1.54) is 10.7 Å². The quantitative estimate of drug-likeness (QED) is 0.395. The second-order valence-electron chi connectivity index (χ2n) is 8.03. The molecular formula is C24H23ClN4O3S. The summed E-state index contributed by atoms with van der Waals surface area (Å²) in [5.74, 6) is 0.794. The first-order valence-electron chi connectivity index (χ1n) is 10.8. The van der Waals surface area contributed by atoms with E-state index in [9.17, 15) is 4.79 Å². The lowest BCUT2D eigenvalue weighted by molar-refractivity contribution is 0.309. The molecule has 0 atom stereocenters. The van der Waals surface area contributed by atoms with Gasteiger partial charge in [0.05, 0.1) is 20.6 Å². The lowest BCUT2D eigenvalue weighted by atomic mass is 9.97. The number of hydrogen-bond acceptors (Lipinski definition) is 7. The van der Waals surface area contributed by atoms with Gasteiger partial charge in [-0.15, -0.1) is 11.3 Å². The van der Waals surface area contributed by atoms with Crippen molar-refractivity contribution < 1.29 is 9.26 Å². The van der Waals surface area contributed by atoms with Crippen molar-refractivity contribution in [1.29, 1.82) is 0 Å². The number of piperidine rings is 1. The summed E-state index contributed by atoms with van der Waals surface area (Å²) in [6, 6.07) is 15.8. The van der Waals surface area contributed by atoms with Crippen LogP contribution in [-0.2, 0) is 6.61 Å². The zero-order chi connectivity index (χ0) is 22.8. The Morgan fingerprint density at radius 3 is 2.70 bits per heavy atom. The van der Waals surface area contributed by atoms with E-state index in [-0.39, 0.29) is 5.82 Å². The van der Waals surface area contributed by atoms with Gasteiger partial charge in [-0.05, 0) is 50.1 Å². The molecule has 5 rings (SSSR count). The minimum Gasteiger partial charge on any atom is -0.488 e. The van der Waals surface area contributed by atoms with Crippen LogP contribution in [0.1, 0.15) is 34.3 Å². The molecule has 2 aromatic heterocycles. The Hall–Kier alpha value is -3.10. The number of aryl methyl sites for hydroxylation is 1. The van der Waals surface area contributed by atoms with Gasteiger partial charge in [0, 0.05) is 30.3 Å². The summed E-state index contributed by atoms with van der Waals surface area (Å²) >= 11 is 8.09. The van der Waals surface area contributed by atoms with Crippen LogP contribution in [0.4, 0.5) is 5.69 Å². The number of ether oxygens (including phenoxy) is 1. The summed E-state index contributed by atoms with van der Waals surface area (Å²) in [6.45, 7) is 4.55. The molecule has 1 aliphatic rings. The number of thiazole rings is 1. The highest BCUT2D eigenvalue weighted by atomic mass is 35.5. The molecule has 0 aliphatic carbocycles. The molecule has 0 bridgehead atoms. The van der Waals surface area contributed by atoms with E-state index in [2.05, 4.69) is 49.9 Å². The van der Waals surface area contributed by atoms with Gasteiger partial charge in [-0.1, -0.05) is 35.0 Å². The summed E-state index contributed by atoms with van der Waals surface area (Å²) in [5, 5.41) is 5.29. The molecule has 1 fully saturated rings. The summed E-state index contributed by atoms with van der Waals surface area (Å²) in [5.41, 5.74) is 2.89. The summed E-state index contributed by atoms with van der Waals surface area (Å²) in [6.07, 6.45) is 2.20. The Kier molecular flexibility index (Phi) is 6.20. The number of halogens is 1. The maximum atomic E-state index is 11.2. The average molecular weight is 483 g/mol. The van der Waals surface area contributed by atoms with E-state index >= 15 is 0 Å². The van der Waals surface area contributed by atoms with Crippen LogP contribution in [0.5, 0.6) is 5.75 Å². The number of anilines is 1. The van der Waals surface area contributed by atoms with Crippen LogP contribution in [0.3, 0.4) is 0 Å². The zero-order valence-electron chi connectivity index (χ0n) is 18.1. The molecule has 0 spiro atoms. The lowest BCUT2D eigenvalue weighted by Crippen LogP contribution is -2.32. The van der Waals surface area contributed by atoms with E-state index in [1.54, 1.807) is 29.5 Å². The number of aromatic amines is 1. The van der Waals surface area contributed by atoms with E-state index < -0.39 is 5.76 Å². The molecule has 0 radical (unpaired) electrons. The zero-order valence-corrected chi connectivity index (χ0v) is 19.7. The third-order valence-electron chi connectivity index (χ3n) is 5.88. The number of rotatable bonds is 6. The van der Waals surface area contributed by atoms with Crippen LogP contribution >= 0.6 is 22.9 Å². The average Bonchev–Trinajstić information content (AvgIpc) is 3.43. The standard InChI is InChI=1S/C24H23ClN4O3S/c1-15-21(14-31-18-7-8-19(20(25)13-18)22-27-24(30)32-28-22)33-23(26-15)16-9-11-29(12-10-16)17-5-3-2-4-6-17/h2-8,13,16H,9-12,14H2,1H3,(H,27,28,30). The summed E-state index contributed by atoms with van der Waals surface area (Å²) < 4.78 is 10.5. The minimum atomic E-state index is -0.622. The SMILES string of the molecule is Cc1nc(C2CCN(c3ccccc3)CC2)sc1COc1ccc(-c2noc(=O)[nH]2)c(Cl)c1. The van der Waals surface area contributed by atoms with E-state index in [0.29, 0.717) is 28.9 Å². The maximum Gasteiger partial charge on any atom is 0.439 e. The molecule has 33 heavy (non-hydrogen) atoms. The minimum absolute atomic E-state index is 0.290. The molecule has 170 valence electrons. The van der Waals surface area contributed by atoms with Crippen molar-refractivity contribution in [3.8, 4) is 17.1 Å². The number of nitrogens with one attached hydrogen (secondary N) is 1. The van der Waals surface area contributed by atoms with Gasteiger partial charge in [0.1, 0.15) is 12.4 Å². The fourth-order valence-electron chi connectivity index (χ4n) is 4.05. The topological polar surface area (TPSA) is 84.2 Å². The van der Waals surface area contributed by atoms with Crippen LogP contribution in [-0.4, -0.2) is 28.2 Å². The second-order valence-corrected chi connectivity index (χ2v) is 9.55. The molecule has 1 N–H and O–H groups in total. The highest BCUT2D eigenvalue weighted by molar-refractivity contribution is 7.11. The Balaban J connectivity index is 1.21. The van der Waals surface area contributed by atoms with Gasteiger partial charge in [0.2, 0.25) is 0 Å². The first kappa shape index (κ1) is 21.7. The normalized spacial score (nSPS) is 14.5. The monoisotopic (exact) mass is 482 g/mol. The van der Waals surface area contributed by atoms with Gasteiger partial charge in [0.25, 0.3) is 0 Å². The molecule has 0 unspecified atom stereocenters. The van der Waals surface area contributed by atoms with Crippen LogP contribution in [0.15, 0.2) is 57.8 Å². The summed E-state index contributed by atoms with van der Waals surface area (Å²) in [7, 11) is 0. The summed E-state index contributed by atoms with van der Waals surface area (Å²) in [4.78, 5) is 22.1. The molecule has 3 heterocycles. The number of para-hydroxylation sites is 1. The van der Waals surface area contributed by atoms with E-state index in [0.717, 1.165) is 36.5 Å². The molecular weight excluding hydrogens is 460 g/mol. The highest BCUT2D eigenvalue weighted by Gasteiger charge is 2.24. The Bertz CT molecular complexity index is 1290.